The minimum Gasteiger partial charge on any atom is -0.243 e. The van der Waals surface area contributed by atoms with E-state index in [2.05, 4.69) is 9.71 Å². The molecule has 17 heavy (non-hydrogen) atoms. The van der Waals surface area contributed by atoms with E-state index in [1.54, 1.807) is 0 Å². The third-order valence-corrected chi connectivity index (χ3v) is 5.33. The second kappa shape index (κ2) is 5.56. The lowest BCUT2D eigenvalue weighted by Gasteiger charge is -2.22. The number of hydrogen-bond donors (Lipinski definition) is 1. The van der Waals surface area contributed by atoms with Crippen molar-refractivity contribution in [2.75, 3.05) is 11.5 Å². The summed E-state index contributed by atoms with van der Waals surface area (Å²) in [6.07, 6.45) is 3.04. The Labute approximate surface area is 110 Å². The number of nitrogens with zero attached hydrogens (tertiary/aromatic N) is 1. The van der Waals surface area contributed by atoms with Crippen molar-refractivity contribution in [2.24, 2.45) is 0 Å². The maximum atomic E-state index is 12.0. The molecule has 1 fully saturated rings. The highest BCUT2D eigenvalue weighted by atomic mass is 35.5. The van der Waals surface area contributed by atoms with Crippen LogP contribution in [0.2, 0.25) is 5.15 Å². The summed E-state index contributed by atoms with van der Waals surface area (Å²) in [6, 6.07) is 2.99. The molecule has 0 atom stereocenters. The SMILES string of the molecule is O=S(=O)(NC1CCSCC1)c1ccc(Cl)nc1. The van der Waals surface area contributed by atoms with Crippen molar-refractivity contribution >= 4 is 33.4 Å². The van der Waals surface area contributed by atoms with Gasteiger partial charge in [-0.25, -0.2) is 18.1 Å². The van der Waals surface area contributed by atoms with Gasteiger partial charge in [-0.1, -0.05) is 11.6 Å². The van der Waals surface area contributed by atoms with Crippen molar-refractivity contribution in [3.05, 3.63) is 23.5 Å². The molecule has 1 saturated heterocycles. The maximum absolute atomic E-state index is 12.0. The molecule has 2 rings (SSSR count). The molecule has 1 aromatic heterocycles. The highest BCUT2D eigenvalue weighted by Crippen LogP contribution is 2.19. The van der Waals surface area contributed by atoms with Crippen LogP contribution in [0.3, 0.4) is 0 Å². The summed E-state index contributed by atoms with van der Waals surface area (Å²) in [5.74, 6) is 2.01. The number of hydrogen-bond acceptors (Lipinski definition) is 4. The number of rotatable bonds is 3. The van der Waals surface area contributed by atoms with Crippen molar-refractivity contribution in [2.45, 2.75) is 23.8 Å². The molecule has 0 aromatic carbocycles. The fourth-order valence-electron chi connectivity index (χ4n) is 1.62. The Morgan fingerprint density at radius 1 is 1.35 bits per heavy atom. The van der Waals surface area contributed by atoms with Crippen molar-refractivity contribution in [3.8, 4) is 0 Å². The topological polar surface area (TPSA) is 59.1 Å². The van der Waals surface area contributed by atoms with Gasteiger partial charge in [-0.2, -0.15) is 11.8 Å². The van der Waals surface area contributed by atoms with Crippen LogP contribution < -0.4 is 4.72 Å². The fourth-order valence-corrected chi connectivity index (χ4v) is 4.09. The van der Waals surface area contributed by atoms with Gasteiger partial charge >= 0.3 is 0 Å². The lowest BCUT2D eigenvalue weighted by molar-refractivity contribution is 0.528. The molecule has 1 aliphatic heterocycles. The monoisotopic (exact) mass is 292 g/mol. The summed E-state index contributed by atoms with van der Waals surface area (Å²) in [4.78, 5) is 3.95. The van der Waals surface area contributed by atoms with Gasteiger partial charge in [0.2, 0.25) is 10.0 Å². The number of aromatic nitrogens is 1. The Morgan fingerprint density at radius 2 is 2.06 bits per heavy atom. The van der Waals surface area contributed by atoms with E-state index >= 15 is 0 Å². The number of halogens is 1. The van der Waals surface area contributed by atoms with E-state index in [-0.39, 0.29) is 16.1 Å². The van der Waals surface area contributed by atoms with E-state index in [4.69, 9.17) is 11.6 Å². The van der Waals surface area contributed by atoms with Crippen molar-refractivity contribution in [1.82, 2.24) is 9.71 Å². The standard InChI is InChI=1S/C10H13ClN2O2S2/c11-10-2-1-9(7-12-10)17(14,15)13-8-3-5-16-6-4-8/h1-2,7-8,13H,3-6H2. The molecule has 0 radical (unpaired) electrons. The Hall–Kier alpha value is -0.300. The van der Waals surface area contributed by atoms with Gasteiger partial charge in [-0.3, -0.25) is 0 Å². The first-order chi connectivity index (χ1) is 8.08. The normalized spacial score (nSPS) is 18.2. The van der Waals surface area contributed by atoms with E-state index in [0.29, 0.717) is 0 Å². The van der Waals surface area contributed by atoms with Crippen LogP contribution in [0, 0.1) is 0 Å². The van der Waals surface area contributed by atoms with Crippen LogP contribution in [0.1, 0.15) is 12.8 Å². The van der Waals surface area contributed by atoms with Gasteiger partial charge < -0.3 is 0 Å². The van der Waals surface area contributed by atoms with Gasteiger partial charge in [-0.15, -0.1) is 0 Å². The van der Waals surface area contributed by atoms with Gasteiger partial charge in [0.25, 0.3) is 0 Å². The fraction of sp³-hybridized carbons (Fsp3) is 0.500. The molecule has 0 spiro atoms. The van der Waals surface area contributed by atoms with E-state index < -0.39 is 10.0 Å². The number of nitrogens with one attached hydrogen (secondary N) is 1. The molecule has 0 saturated carbocycles. The minimum absolute atomic E-state index is 0.0388. The highest BCUT2D eigenvalue weighted by Gasteiger charge is 2.22. The highest BCUT2D eigenvalue weighted by molar-refractivity contribution is 7.99. The average molecular weight is 293 g/mol. The van der Waals surface area contributed by atoms with Gasteiger partial charge in [0.05, 0.1) is 0 Å². The van der Waals surface area contributed by atoms with Crippen molar-refractivity contribution < 1.29 is 8.42 Å². The first-order valence-electron chi connectivity index (χ1n) is 5.29. The smallest absolute Gasteiger partial charge is 0.242 e. The van der Waals surface area contributed by atoms with Gasteiger partial charge in [0, 0.05) is 12.2 Å². The Morgan fingerprint density at radius 3 is 2.65 bits per heavy atom. The zero-order valence-corrected chi connectivity index (χ0v) is 11.5. The zero-order valence-electron chi connectivity index (χ0n) is 9.10. The van der Waals surface area contributed by atoms with Gasteiger partial charge in [0.15, 0.2) is 0 Å². The van der Waals surface area contributed by atoms with Crippen LogP contribution in [-0.4, -0.2) is 30.9 Å². The summed E-state index contributed by atoms with van der Waals surface area (Å²) >= 11 is 7.48. The first-order valence-corrected chi connectivity index (χ1v) is 8.31. The van der Waals surface area contributed by atoms with Gasteiger partial charge in [-0.05, 0) is 36.5 Å². The van der Waals surface area contributed by atoms with Crippen LogP contribution in [0.15, 0.2) is 23.2 Å². The molecule has 7 heteroatoms. The molecule has 1 N–H and O–H groups in total. The molecule has 0 amide bonds. The van der Waals surface area contributed by atoms with E-state index in [9.17, 15) is 8.42 Å². The first kappa shape index (κ1) is 13.1. The molecular formula is C10H13ClN2O2S2. The molecule has 2 heterocycles. The summed E-state index contributed by atoms with van der Waals surface area (Å²) in [5, 5.41) is 0.290. The molecule has 4 nitrogen and oxygen atoms in total. The van der Waals surface area contributed by atoms with Crippen LogP contribution in [0.5, 0.6) is 0 Å². The Kier molecular flexibility index (Phi) is 4.30. The second-order valence-electron chi connectivity index (χ2n) is 3.82. The lowest BCUT2D eigenvalue weighted by Crippen LogP contribution is -2.37. The Balaban J connectivity index is 2.10. The molecule has 94 valence electrons. The lowest BCUT2D eigenvalue weighted by atomic mass is 10.2. The third-order valence-electron chi connectivity index (χ3n) is 2.55. The Bertz CT molecular complexity index is 470. The summed E-state index contributed by atoms with van der Waals surface area (Å²) < 4.78 is 26.7. The van der Waals surface area contributed by atoms with Crippen LogP contribution in [0.4, 0.5) is 0 Å². The van der Waals surface area contributed by atoms with Crippen LogP contribution in [-0.2, 0) is 10.0 Å². The molecule has 1 aromatic rings. The third kappa shape index (κ3) is 3.58. The van der Waals surface area contributed by atoms with Gasteiger partial charge in [0.1, 0.15) is 10.0 Å². The van der Waals surface area contributed by atoms with Crippen LogP contribution >= 0.6 is 23.4 Å². The maximum Gasteiger partial charge on any atom is 0.242 e. The largest absolute Gasteiger partial charge is 0.243 e. The molecule has 0 aliphatic carbocycles. The summed E-state index contributed by atoms with van der Waals surface area (Å²) in [6.45, 7) is 0. The molecular weight excluding hydrogens is 280 g/mol. The van der Waals surface area contributed by atoms with Crippen molar-refractivity contribution in [1.29, 1.82) is 0 Å². The molecule has 1 aliphatic rings. The summed E-state index contributed by atoms with van der Waals surface area (Å²) in [7, 11) is -3.46. The van der Waals surface area contributed by atoms with E-state index in [1.165, 1.54) is 18.3 Å². The number of thioether (sulfide) groups is 1. The van der Waals surface area contributed by atoms with E-state index in [0.717, 1.165) is 24.3 Å². The summed E-state index contributed by atoms with van der Waals surface area (Å²) in [5.41, 5.74) is 0. The zero-order chi connectivity index (χ0) is 12.3. The van der Waals surface area contributed by atoms with Crippen LogP contribution in [0.25, 0.3) is 0 Å². The quantitative estimate of drug-likeness (QED) is 0.865. The predicted molar refractivity (Wildman–Crippen MR) is 69.9 cm³/mol. The van der Waals surface area contributed by atoms with Crippen molar-refractivity contribution in [3.63, 3.8) is 0 Å². The molecule has 0 bridgehead atoms. The average Bonchev–Trinajstić information content (AvgIpc) is 2.30. The molecule has 0 unspecified atom stereocenters. The number of pyridine rings is 1. The minimum atomic E-state index is -3.46. The number of sulfonamides is 1. The van der Waals surface area contributed by atoms with E-state index in [1.807, 2.05) is 11.8 Å². The predicted octanol–water partition coefficient (Wildman–Crippen LogP) is 1.91. The second-order valence-corrected chi connectivity index (χ2v) is 7.15.